The normalized spacial score (nSPS) is 34.0. The van der Waals surface area contributed by atoms with Gasteiger partial charge in [-0.05, 0) is 38.1 Å². The highest BCUT2D eigenvalue weighted by molar-refractivity contribution is 4.85. The molecule has 2 aliphatic rings. The van der Waals surface area contributed by atoms with Gasteiger partial charge in [0.15, 0.2) is 0 Å². The van der Waals surface area contributed by atoms with Gasteiger partial charge in [0.25, 0.3) is 0 Å². The maximum absolute atomic E-state index is 5.46. The van der Waals surface area contributed by atoms with Crippen molar-refractivity contribution in [3.8, 4) is 0 Å². The first kappa shape index (κ1) is 14.3. The first-order valence-electron chi connectivity index (χ1n) is 7.82. The van der Waals surface area contributed by atoms with Gasteiger partial charge in [-0.15, -0.1) is 0 Å². The van der Waals surface area contributed by atoms with Crippen LogP contribution in [-0.4, -0.2) is 50.3 Å². The lowest BCUT2D eigenvalue weighted by atomic mass is 9.84. The highest BCUT2D eigenvalue weighted by Gasteiger charge is 2.29. The van der Waals surface area contributed by atoms with E-state index >= 15 is 0 Å². The molecule has 0 aromatic rings. The molecule has 1 aliphatic heterocycles. The van der Waals surface area contributed by atoms with Crippen molar-refractivity contribution in [3.05, 3.63) is 0 Å². The number of rotatable bonds is 6. The minimum Gasteiger partial charge on any atom is -0.380 e. The molecule has 0 aromatic heterocycles. The van der Waals surface area contributed by atoms with E-state index in [4.69, 9.17) is 4.74 Å². The van der Waals surface area contributed by atoms with Gasteiger partial charge in [0.05, 0.1) is 6.10 Å². The van der Waals surface area contributed by atoms with Crippen LogP contribution in [0.3, 0.4) is 0 Å². The number of hydrogen-bond donors (Lipinski definition) is 1. The fourth-order valence-corrected chi connectivity index (χ4v) is 3.51. The number of ether oxygens (including phenoxy) is 1. The molecule has 2 rings (SSSR count). The van der Waals surface area contributed by atoms with Gasteiger partial charge in [-0.3, -0.25) is 0 Å². The Bertz CT molecular complexity index is 235. The van der Waals surface area contributed by atoms with E-state index in [0.717, 1.165) is 18.5 Å². The van der Waals surface area contributed by atoms with Crippen LogP contribution in [0.15, 0.2) is 0 Å². The van der Waals surface area contributed by atoms with Crippen molar-refractivity contribution in [2.45, 2.75) is 57.6 Å². The van der Waals surface area contributed by atoms with Gasteiger partial charge in [0.2, 0.25) is 0 Å². The third-order valence-electron chi connectivity index (χ3n) is 4.62. The third-order valence-corrected chi connectivity index (χ3v) is 4.62. The summed E-state index contributed by atoms with van der Waals surface area (Å²) in [7, 11) is 1.85. The molecule has 2 fully saturated rings. The molecule has 0 amide bonds. The second kappa shape index (κ2) is 7.46. The Hall–Kier alpha value is -0.120. The molecule has 18 heavy (non-hydrogen) atoms. The minimum absolute atomic E-state index is 0.482. The quantitative estimate of drug-likeness (QED) is 0.787. The van der Waals surface area contributed by atoms with E-state index in [1.54, 1.807) is 0 Å². The standard InChI is InChI=1S/C15H30N2O/c1-3-9-16-15-7-5-4-6-13(15)11-17-10-8-14(12-17)18-2/h13-16H,3-12H2,1-2H3. The van der Waals surface area contributed by atoms with E-state index in [9.17, 15) is 0 Å². The zero-order valence-corrected chi connectivity index (χ0v) is 12.2. The second-order valence-corrected chi connectivity index (χ2v) is 6.01. The summed E-state index contributed by atoms with van der Waals surface area (Å²) >= 11 is 0. The van der Waals surface area contributed by atoms with E-state index in [1.807, 2.05) is 7.11 Å². The number of nitrogens with one attached hydrogen (secondary N) is 1. The van der Waals surface area contributed by atoms with Crippen molar-refractivity contribution < 1.29 is 4.74 Å². The van der Waals surface area contributed by atoms with Crippen LogP contribution in [0.25, 0.3) is 0 Å². The van der Waals surface area contributed by atoms with Crippen LogP contribution in [0.5, 0.6) is 0 Å². The first-order valence-corrected chi connectivity index (χ1v) is 7.82. The molecular weight excluding hydrogens is 224 g/mol. The Labute approximate surface area is 112 Å². The fraction of sp³-hybridized carbons (Fsp3) is 1.00. The zero-order chi connectivity index (χ0) is 12.8. The topological polar surface area (TPSA) is 24.5 Å². The van der Waals surface area contributed by atoms with Crippen molar-refractivity contribution in [2.24, 2.45) is 5.92 Å². The molecule has 106 valence electrons. The molecule has 1 heterocycles. The van der Waals surface area contributed by atoms with E-state index in [2.05, 4.69) is 17.1 Å². The van der Waals surface area contributed by atoms with E-state index in [0.29, 0.717) is 6.10 Å². The van der Waals surface area contributed by atoms with E-state index < -0.39 is 0 Å². The van der Waals surface area contributed by atoms with E-state index in [1.165, 1.54) is 58.2 Å². The molecule has 1 aliphatic carbocycles. The maximum atomic E-state index is 5.46. The van der Waals surface area contributed by atoms with Crippen molar-refractivity contribution in [3.63, 3.8) is 0 Å². The Morgan fingerprint density at radius 1 is 1.22 bits per heavy atom. The first-order chi connectivity index (χ1) is 8.83. The molecule has 1 saturated heterocycles. The molecule has 1 saturated carbocycles. The molecular formula is C15H30N2O. The van der Waals surface area contributed by atoms with Crippen LogP contribution in [0.1, 0.15) is 45.4 Å². The van der Waals surface area contributed by atoms with Gasteiger partial charge >= 0.3 is 0 Å². The van der Waals surface area contributed by atoms with Crippen LogP contribution in [0.2, 0.25) is 0 Å². The average molecular weight is 254 g/mol. The van der Waals surface area contributed by atoms with Crippen molar-refractivity contribution in [1.29, 1.82) is 0 Å². The predicted octanol–water partition coefficient (Wildman–Crippen LogP) is 2.27. The molecule has 3 heteroatoms. The number of likely N-dealkylation sites (tertiary alicyclic amines) is 1. The Balaban J connectivity index is 1.78. The van der Waals surface area contributed by atoms with Gasteiger partial charge in [0.1, 0.15) is 0 Å². The van der Waals surface area contributed by atoms with Gasteiger partial charge < -0.3 is 15.0 Å². The molecule has 0 spiro atoms. The highest BCUT2D eigenvalue weighted by atomic mass is 16.5. The van der Waals surface area contributed by atoms with Gasteiger partial charge in [0, 0.05) is 32.8 Å². The summed E-state index contributed by atoms with van der Waals surface area (Å²) in [5, 5.41) is 3.76. The summed E-state index contributed by atoms with van der Waals surface area (Å²) < 4.78 is 5.46. The zero-order valence-electron chi connectivity index (χ0n) is 12.2. The van der Waals surface area contributed by atoms with Crippen molar-refractivity contribution >= 4 is 0 Å². The molecule has 1 N–H and O–H groups in total. The Morgan fingerprint density at radius 2 is 2.06 bits per heavy atom. The molecule has 3 nitrogen and oxygen atoms in total. The monoisotopic (exact) mass is 254 g/mol. The summed E-state index contributed by atoms with van der Waals surface area (Å²) in [4.78, 5) is 2.62. The fourth-order valence-electron chi connectivity index (χ4n) is 3.51. The maximum Gasteiger partial charge on any atom is 0.0710 e. The number of hydrogen-bond acceptors (Lipinski definition) is 3. The largest absolute Gasteiger partial charge is 0.380 e. The van der Waals surface area contributed by atoms with Crippen LogP contribution in [0.4, 0.5) is 0 Å². The third kappa shape index (κ3) is 3.94. The van der Waals surface area contributed by atoms with Crippen LogP contribution >= 0.6 is 0 Å². The molecule has 0 aromatic carbocycles. The lowest BCUT2D eigenvalue weighted by molar-refractivity contribution is 0.101. The summed E-state index contributed by atoms with van der Waals surface area (Å²) in [5.74, 6) is 0.862. The predicted molar refractivity (Wildman–Crippen MR) is 75.9 cm³/mol. The summed E-state index contributed by atoms with van der Waals surface area (Å²) in [6, 6.07) is 0.764. The lowest BCUT2D eigenvalue weighted by Gasteiger charge is -2.35. The van der Waals surface area contributed by atoms with Gasteiger partial charge in [-0.1, -0.05) is 19.8 Å². The number of methoxy groups -OCH3 is 1. The molecule has 0 bridgehead atoms. The van der Waals surface area contributed by atoms with Crippen LogP contribution in [0, 0.1) is 5.92 Å². The summed E-state index contributed by atoms with van der Waals surface area (Å²) in [6.07, 6.45) is 8.59. The van der Waals surface area contributed by atoms with Crippen LogP contribution in [-0.2, 0) is 4.74 Å². The Morgan fingerprint density at radius 3 is 2.78 bits per heavy atom. The van der Waals surface area contributed by atoms with Crippen LogP contribution < -0.4 is 5.32 Å². The minimum atomic E-state index is 0.482. The van der Waals surface area contributed by atoms with Crippen molar-refractivity contribution in [2.75, 3.05) is 33.3 Å². The molecule has 0 radical (unpaired) electrons. The SMILES string of the molecule is CCCNC1CCCCC1CN1CCC(OC)C1. The second-order valence-electron chi connectivity index (χ2n) is 6.01. The van der Waals surface area contributed by atoms with E-state index in [-0.39, 0.29) is 0 Å². The Kier molecular flexibility index (Phi) is 5.93. The summed E-state index contributed by atoms with van der Waals surface area (Å²) in [6.45, 7) is 7.10. The number of nitrogens with zero attached hydrogens (tertiary/aromatic N) is 1. The smallest absolute Gasteiger partial charge is 0.0710 e. The van der Waals surface area contributed by atoms with Gasteiger partial charge in [-0.2, -0.15) is 0 Å². The van der Waals surface area contributed by atoms with Gasteiger partial charge in [-0.25, -0.2) is 0 Å². The molecule has 3 atom stereocenters. The lowest BCUT2D eigenvalue weighted by Crippen LogP contribution is -2.44. The molecule has 3 unspecified atom stereocenters. The summed E-state index contributed by atoms with van der Waals surface area (Å²) in [5.41, 5.74) is 0. The highest BCUT2D eigenvalue weighted by Crippen LogP contribution is 2.26. The average Bonchev–Trinajstić information content (AvgIpc) is 2.85. The van der Waals surface area contributed by atoms with Crippen molar-refractivity contribution in [1.82, 2.24) is 10.2 Å².